The number of nitro groups is 1. The van der Waals surface area contributed by atoms with Crippen LogP contribution in [0, 0.1) is 15.9 Å². The monoisotopic (exact) mass is 289 g/mol. The minimum Gasteiger partial charge on any atom is -0.493 e. The van der Waals surface area contributed by atoms with Crippen molar-refractivity contribution in [3.05, 3.63) is 70.0 Å². The summed E-state index contributed by atoms with van der Waals surface area (Å²) in [6.07, 6.45) is 0.105. The van der Waals surface area contributed by atoms with Crippen molar-refractivity contribution in [3.8, 4) is 5.75 Å². The van der Waals surface area contributed by atoms with E-state index < -0.39 is 10.7 Å². The highest BCUT2D eigenvalue weighted by Crippen LogP contribution is 2.19. The molecule has 0 saturated carbocycles. The summed E-state index contributed by atoms with van der Waals surface area (Å²) in [4.78, 5) is 21.9. The van der Waals surface area contributed by atoms with Crippen LogP contribution in [0.15, 0.2) is 48.5 Å². The fraction of sp³-hybridized carbons (Fsp3) is 0.133. The molecule has 0 fully saturated rings. The number of hydrogen-bond acceptors (Lipinski definition) is 4. The highest BCUT2D eigenvalue weighted by Gasteiger charge is 2.08. The highest BCUT2D eigenvalue weighted by molar-refractivity contribution is 5.96. The Kier molecular flexibility index (Phi) is 4.61. The maximum Gasteiger partial charge on any atom is 0.273 e. The number of hydrogen-bond donors (Lipinski definition) is 0. The van der Waals surface area contributed by atoms with Gasteiger partial charge < -0.3 is 4.74 Å². The number of halogens is 1. The Morgan fingerprint density at radius 3 is 2.57 bits per heavy atom. The Labute approximate surface area is 120 Å². The first kappa shape index (κ1) is 14.6. The molecular weight excluding hydrogens is 277 g/mol. The zero-order valence-corrected chi connectivity index (χ0v) is 11.0. The molecule has 0 amide bonds. The minimum absolute atomic E-state index is 0.0719. The van der Waals surface area contributed by atoms with E-state index in [0.29, 0.717) is 11.3 Å². The molecule has 0 bridgehead atoms. The van der Waals surface area contributed by atoms with Gasteiger partial charge in [0.1, 0.15) is 11.6 Å². The van der Waals surface area contributed by atoms with Crippen LogP contribution in [0.4, 0.5) is 10.1 Å². The molecule has 0 N–H and O–H groups in total. The summed E-state index contributed by atoms with van der Waals surface area (Å²) >= 11 is 0. The summed E-state index contributed by atoms with van der Waals surface area (Å²) in [5, 5.41) is 10.6. The molecular formula is C15H12FNO4. The average Bonchev–Trinajstić information content (AvgIpc) is 2.48. The largest absolute Gasteiger partial charge is 0.493 e. The molecule has 0 spiro atoms. The molecule has 0 saturated heterocycles. The second-order valence-corrected chi connectivity index (χ2v) is 4.28. The normalized spacial score (nSPS) is 10.1. The predicted octanol–water partition coefficient (Wildman–Crippen LogP) is 3.39. The molecule has 0 heterocycles. The van der Waals surface area contributed by atoms with Gasteiger partial charge in [0.15, 0.2) is 5.78 Å². The standard InChI is InChI=1S/C15H12FNO4/c16-12-6-4-11(5-7-12)15(18)8-9-21-14-3-1-2-13(10-14)17(19)20/h1-7,10H,8-9H2. The Bertz CT molecular complexity index is 655. The minimum atomic E-state index is -0.517. The topological polar surface area (TPSA) is 69.4 Å². The van der Waals surface area contributed by atoms with Gasteiger partial charge in [-0.25, -0.2) is 4.39 Å². The van der Waals surface area contributed by atoms with Gasteiger partial charge >= 0.3 is 0 Å². The van der Waals surface area contributed by atoms with E-state index in [4.69, 9.17) is 4.74 Å². The number of carbonyl (C=O) groups excluding carboxylic acids is 1. The summed E-state index contributed by atoms with van der Waals surface area (Å²) in [5.41, 5.74) is 0.330. The summed E-state index contributed by atoms with van der Waals surface area (Å²) in [6, 6.07) is 11.0. The van der Waals surface area contributed by atoms with Crippen molar-refractivity contribution in [2.75, 3.05) is 6.61 Å². The van der Waals surface area contributed by atoms with Gasteiger partial charge in [-0.3, -0.25) is 14.9 Å². The van der Waals surface area contributed by atoms with Crippen molar-refractivity contribution in [2.45, 2.75) is 6.42 Å². The lowest BCUT2D eigenvalue weighted by molar-refractivity contribution is -0.384. The summed E-state index contributed by atoms with van der Waals surface area (Å²) in [5.74, 6) is -0.254. The number of Topliss-reactive ketones (excluding diaryl/α,β-unsaturated/α-hetero) is 1. The molecule has 108 valence electrons. The van der Waals surface area contributed by atoms with Gasteiger partial charge in [0.2, 0.25) is 0 Å². The van der Waals surface area contributed by atoms with E-state index in [-0.39, 0.29) is 24.5 Å². The maximum atomic E-state index is 12.7. The Morgan fingerprint density at radius 1 is 1.19 bits per heavy atom. The van der Waals surface area contributed by atoms with Gasteiger partial charge in [0, 0.05) is 18.1 Å². The van der Waals surface area contributed by atoms with Crippen molar-refractivity contribution in [2.24, 2.45) is 0 Å². The Morgan fingerprint density at radius 2 is 1.90 bits per heavy atom. The fourth-order valence-corrected chi connectivity index (χ4v) is 1.73. The summed E-state index contributed by atoms with van der Waals surface area (Å²) in [6.45, 7) is 0.0946. The molecule has 6 heteroatoms. The molecule has 2 rings (SSSR count). The molecule has 0 radical (unpaired) electrons. The average molecular weight is 289 g/mol. The van der Waals surface area contributed by atoms with Gasteiger partial charge in [0.05, 0.1) is 17.6 Å². The first-order valence-corrected chi connectivity index (χ1v) is 6.22. The summed E-state index contributed by atoms with van der Waals surface area (Å²) in [7, 11) is 0. The third-order valence-corrected chi connectivity index (χ3v) is 2.79. The second-order valence-electron chi connectivity index (χ2n) is 4.28. The fourth-order valence-electron chi connectivity index (χ4n) is 1.73. The van der Waals surface area contributed by atoms with Gasteiger partial charge in [-0.2, -0.15) is 0 Å². The number of rotatable bonds is 6. The SMILES string of the molecule is O=C(CCOc1cccc([N+](=O)[O-])c1)c1ccc(F)cc1. The van der Waals surface area contributed by atoms with E-state index in [1.54, 1.807) is 6.07 Å². The van der Waals surface area contributed by atoms with Crippen molar-refractivity contribution in [1.82, 2.24) is 0 Å². The Hall–Kier alpha value is -2.76. The van der Waals surface area contributed by atoms with Crippen LogP contribution in [0.25, 0.3) is 0 Å². The summed E-state index contributed by atoms with van der Waals surface area (Å²) < 4.78 is 18.0. The maximum absolute atomic E-state index is 12.7. The van der Waals surface area contributed by atoms with E-state index in [1.807, 2.05) is 0 Å². The lowest BCUT2D eigenvalue weighted by atomic mass is 10.1. The zero-order chi connectivity index (χ0) is 15.2. The Balaban J connectivity index is 1.89. The molecule has 5 nitrogen and oxygen atoms in total. The number of nitro benzene ring substituents is 1. The zero-order valence-electron chi connectivity index (χ0n) is 11.0. The van der Waals surface area contributed by atoms with Crippen LogP contribution in [-0.2, 0) is 0 Å². The van der Waals surface area contributed by atoms with Crippen molar-refractivity contribution in [3.63, 3.8) is 0 Å². The lowest BCUT2D eigenvalue weighted by Gasteiger charge is -2.05. The van der Waals surface area contributed by atoms with Gasteiger partial charge in [-0.05, 0) is 30.3 Å². The van der Waals surface area contributed by atoms with Gasteiger partial charge in [-0.15, -0.1) is 0 Å². The molecule has 0 aliphatic rings. The lowest BCUT2D eigenvalue weighted by Crippen LogP contribution is -2.06. The molecule has 0 unspecified atom stereocenters. The molecule has 0 aliphatic heterocycles. The number of ketones is 1. The molecule has 2 aromatic rings. The first-order chi connectivity index (χ1) is 10.1. The highest BCUT2D eigenvalue weighted by atomic mass is 19.1. The number of ether oxygens (including phenoxy) is 1. The van der Waals surface area contributed by atoms with Crippen molar-refractivity contribution >= 4 is 11.5 Å². The predicted molar refractivity (Wildman–Crippen MR) is 73.9 cm³/mol. The van der Waals surface area contributed by atoms with E-state index in [9.17, 15) is 19.3 Å². The van der Waals surface area contributed by atoms with Gasteiger partial charge in [-0.1, -0.05) is 6.07 Å². The van der Waals surface area contributed by atoms with Crippen LogP contribution >= 0.6 is 0 Å². The van der Waals surface area contributed by atoms with Crippen LogP contribution < -0.4 is 4.74 Å². The molecule has 0 aromatic heterocycles. The molecule has 2 aromatic carbocycles. The van der Waals surface area contributed by atoms with Gasteiger partial charge in [0.25, 0.3) is 5.69 Å². The number of nitrogens with zero attached hydrogens (tertiary/aromatic N) is 1. The number of non-ortho nitro benzene ring substituents is 1. The molecule has 21 heavy (non-hydrogen) atoms. The second kappa shape index (κ2) is 6.60. The third-order valence-electron chi connectivity index (χ3n) is 2.79. The number of carbonyl (C=O) groups is 1. The quantitative estimate of drug-likeness (QED) is 0.464. The van der Waals surface area contributed by atoms with Crippen molar-refractivity contribution < 1.29 is 18.8 Å². The van der Waals surface area contributed by atoms with E-state index >= 15 is 0 Å². The smallest absolute Gasteiger partial charge is 0.273 e. The van der Waals surface area contributed by atoms with E-state index in [2.05, 4.69) is 0 Å². The van der Waals surface area contributed by atoms with E-state index in [0.717, 1.165) is 0 Å². The van der Waals surface area contributed by atoms with E-state index in [1.165, 1.54) is 42.5 Å². The number of benzene rings is 2. The van der Waals surface area contributed by atoms with Crippen LogP contribution in [0.2, 0.25) is 0 Å². The van der Waals surface area contributed by atoms with Crippen LogP contribution in [-0.4, -0.2) is 17.3 Å². The molecule has 0 atom stereocenters. The third kappa shape index (κ3) is 4.10. The van der Waals surface area contributed by atoms with Crippen molar-refractivity contribution in [1.29, 1.82) is 0 Å². The molecule has 0 aliphatic carbocycles. The van der Waals surface area contributed by atoms with Crippen LogP contribution in [0.3, 0.4) is 0 Å². The van der Waals surface area contributed by atoms with Crippen LogP contribution in [0.5, 0.6) is 5.75 Å². The first-order valence-electron chi connectivity index (χ1n) is 6.22. The van der Waals surface area contributed by atoms with Crippen LogP contribution in [0.1, 0.15) is 16.8 Å².